The van der Waals surface area contributed by atoms with Crippen LogP contribution in [0.1, 0.15) is 37.1 Å². The Kier molecular flexibility index (Phi) is 6.66. The maximum absolute atomic E-state index is 6.11. The van der Waals surface area contributed by atoms with Gasteiger partial charge in [-0.2, -0.15) is 0 Å². The van der Waals surface area contributed by atoms with Gasteiger partial charge < -0.3 is 18.8 Å². The summed E-state index contributed by atoms with van der Waals surface area (Å²) in [5.41, 5.74) is 2.54. The number of hydrogen-bond donors (Lipinski definition) is 0. The number of ether oxygens (including phenoxy) is 3. The van der Waals surface area contributed by atoms with Gasteiger partial charge in [-0.05, 0) is 25.7 Å². The highest BCUT2D eigenvalue weighted by Gasteiger charge is 2.29. The van der Waals surface area contributed by atoms with Crippen LogP contribution in [0.3, 0.4) is 0 Å². The molecule has 1 aromatic rings. The molecule has 1 atom stereocenters. The molecule has 6 nitrogen and oxygen atoms in total. The quantitative estimate of drug-likeness (QED) is 0.677. The van der Waals surface area contributed by atoms with Crippen molar-refractivity contribution in [3.8, 4) is 0 Å². The largest absolute Gasteiger partial charge is 0.381 e. The Labute approximate surface area is 145 Å². The molecule has 0 radical (unpaired) electrons. The normalized spacial score (nSPS) is 22.7. The molecule has 2 aliphatic heterocycles. The summed E-state index contributed by atoms with van der Waals surface area (Å²) in [5, 5.41) is 0. The van der Waals surface area contributed by atoms with Crippen molar-refractivity contribution in [1.29, 1.82) is 0 Å². The first-order valence-corrected chi connectivity index (χ1v) is 9.23. The van der Waals surface area contributed by atoms with Crippen molar-refractivity contribution in [2.24, 2.45) is 13.0 Å². The van der Waals surface area contributed by atoms with Crippen molar-refractivity contribution >= 4 is 0 Å². The van der Waals surface area contributed by atoms with Gasteiger partial charge in [0.25, 0.3) is 0 Å². The standard InChI is InChI=1S/C18H31N3O3/c1-3-22-9-6-21-10-16(18-17(11-21)19-14-20(18)2)13-24-12-15-4-7-23-8-5-15/h14-16H,3-13H2,1-2H3. The molecule has 3 rings (SSSR count). The van der Waals surface area contributed by atoms with E-state index in [1.54, 1.807) is 0 Å². The average Bonchev–Trinajstić information content (AvgIpc) is 2.97. The molecule has 0 aromatic carbocycles. The van der Waals surface area contributed by atoms with Crippen LogP contribution in [0.4, 0.5) is 0 Å². The summed E-state index contributed by atoms with van der Waals surface area (Å²) in [4.78, 5) is 7.03. The van der Waals surface area contributed by atoms with Crippen LogP contribution in [0.15, 0.2) is 6.33 Å². The number of rotatable bonds is 8. The van der Waals surface area contributed by atoms with Crippen molar-refractivity contribution < 1.29 is 14.2 Å². The molecule has 6 heteroatoms. The Morgan fingerprint density at radius 3 is 2.88 bits per heavy atom. The molecule has 0 bridgehead atoms. The third-order valence-corrected chi connectivity index (χ3v) is 5.07. The molecule has 0 spiro atoms. The predicted octanol–water partition coefficient (Wildman–Crippen LogP) is 1.80. The molecular formula is C18H31N3O3. The number of imidazole rings is 1. The van der Waals surface area contributed by atoms with Gasteiger partial charge in [0.1, 0.15) is 0 Å². The van der Waals surface area contributed by atoms with E-state index in [-0.39, 0.29) is 0 Å². The maximum Gasteiger partial charge on any atom is 0.0949 e. The minimum atomic E-state index is 0.391. The third-order valence-electron chi connectivity index (χ3n) is 5.07. The van der Waals surface area contributed by atoms with Gasteiger partial charge in [0.2, 0.25) is 0 Å². The minimum Gasteiger partial charge on any atom is -0.381 e. The molecule has 3 heterocycles. The van der Waals surface area contributed by atoms with E-state index in [9.17, 15) is 0 Å². The Morgan fingerprint density at radius 1 is 1.25 bits per heavy atom. The minimum absolute atomic E-state index is 0.391. The highest BCUT2D eigenvalue weighted by atomic mass is 16.5. The lowest BCUT2D eigenvalue weighted by Crippen LogP contribution is -2.38. The number of aromatic nitrogens is 2. The lowest BCUT2D eigenvalue weighted by atomic mass is 9.98. The summed E-state index contributed by atoms with van der Waals surface area (Å²) in [7, 11) is 2.09. The third kappa shape index (κ3) is 4.57. The van der Waals surface area contributed by atoms with Gasteiger partial charge in [-0.3, -0.25) is 4.90 Å². The first-order valence-electron chi connectivity index (χ1n) is 9.23. The summed E-state index contributed by atoms with van der Waals surface area (Å²) in [5.74, 6) is 1.05. The van der Waals surface area contributed by atoms with E-state index < -0.39 is 0 Å². The van der Waals surface area contributed by atoms with Gasteiger partial charge in [-0.25, -0.2) is 4.98 Å². The first-order chi connectivity index (χ1) is 11.8. The van der Waals surface area contributed by atoms with E-state index in [0.717, 1.165) is 72.1 Å². The van der Waals surface area contributed by atoms with Gasteiger partial charge in [0, 0.05) is 64.7 Å². The summed E-state index contributed by atoms with van der Waals surface area (Å²) < 4.78 is 19.2. The Hall–Kier alpha value is -0.950. The molecule has 1 unspecified atom stereocenters. The topological polar surface area (TPSA) is 48.8 Å². The van der Waals surface area contributed by atoms with E-state index in [2.05, 4.69) is 21.5 Å². The Balaban J connectivity index is 1.54. The molecule has 136 valence electrons. The number of nitrogens with zero attached hydrogens (tertiary/aromatic N) is 3. The van der Waals surface area contributed by atoms with E-state index in [1.165, 1.54) is 11.4 Å². The zero-order valence-corrected chi connectivity index (χ0v) is 15.1. The smallest absolute Gasteiger partial charge is 0.0949 e. The summed E-state index contributed by atoms with van der Waals surface area (Å²) in [6.45, 7) is 9.89. The van der Waals surface area contributed by atoms with Crippen LogP contribution in [-0.4, -0.2) is 67.2 Å². The van der Waals surface area contributed by atoms with Gasteiger partial charge in [-0.1, -0.05) is 0 Å². The molecule has 1 fully saturated rings. The molecule has 1 saturated heterocycles. The fourth-order valence-electron chi connectivity index (χ4n) is 3.74. The molecule has 0 saturated carbocycles. The number of hydrogen-bond acceptors (Lipinski definition) is 5. The summed E-state index contributed by atoms with van der Waals surface area (Å²) in [6, 6.07) is 0. The maximum atomic E-state index is 6.11. The second-order valence-corrected chi connectivity index (χ2v) is 6.91. The fourth-order valence-corrected chi connectivity index (χ4v) is 3.74. The van der Waals surface area contributed by atoms with Gasteiger partial charge >= 0.3 is 0 Å². The van der Waals surface area contributed by atoms with E-state index >= 15 is 0 Å². The van der Waals surface area contributed by atoms with Crippen molar-refractivity contribution in [3.63, 3.8) is 0 Å². The van der Waals surface area contributed by atoms with E-state index in [4.69, 9.17) is 14.2 Å². The predicted molar refractivity (Wildman–Crippen MR) is 92.1 cm³/mol. The highest BCUT2D eigenvalue weighted by Crippen LogP contribution is 2.28. The number of fused-ring (bicyclic) bond motifs is 1. The van der Waals surface area contributed by atoms with Crippen molar-refractivity contribution in [3.05, 3.63) is 17.7 Å². The van der Waals surface area contributed by atoms with Crippen LogP contribution in [0.5, 0.6) is 0 Å². The molecular weight excluding hydrogens is 306 g/mol. The Bertz CT molecular complexity index is 500. The lowest BCUT2D eigenvalue weighted by Gasteiger charge is -2.33. The van der Waals surface area contributed by atoms with Crippen LogP contribution in [-0.2, 0) is 27.8 Å². The summed E-state index contributed by atoms with van der Waals surface area (Å²) >= 11 is 0. The second kappa shape index (κ2) is 8.94. The SMILES string of the molecule is CCOCCN1Cc2ncn(C)c2C(COCC2CCOCC2)C1. The monoisotopic (exact) mass is 337 g/mol. The second-order valence-electron chi connectivity index (χ2n) is 6.91. The number of aryl methyl sites for hydroxylation is 1. The molecule has 24 heavy (non-hydrogen) atoms. The molecule has 0 aliphatic carbocycles. The van der Waals surface area contributed by atoms with Crippen LogP contribution in [0.25, 0.3) is 0 Å². The molecule has 1 aromatic heterocycles. The molecule has 2 aliphatic rings. The zero-order chi connectivity index (χ0) is 16.8. The highest BCUT2D eigenvalue weighted by molar-refractivity contribution is 5.21. The van der Waals surface area contributed by atoms with Crippen molar-refractivity contribution in [1.82, 2.24) is 14.5 Å². The average molecular weight is 337 g/mol. The molecule has 0 N–H and O–H groups in total. The van der Waals surface area contributed by atoms with Gasteiger partial charge in [0.15, 0.2) is 0 Å². The van der Waals surface area contributed by atoms with Crippen LogP contribution in [0, 0.1) is 5.92 Å². The Morgan fingerprint density at radius 2 is 2.08 bits per heavy atom. The van der Waals surface area contributed by atoms with Gasteiger partial charge in [0.05, 0.1) is 25.2 Å². The first kappa shape index (κ1) is 17.9. The molecule has 0 amide bonds. The summed E-state index contributed by atoms with van der Waals surface area (Å²) in [6.07, 6.45) is 4.19. The van der Waals surface area contributed by atoms with Crippen LogP contribution < -0.4 is 0 Å². The van der Waals surface area contributed by atoms with Crippen molar-refractivity contribution in [2.75, 3.05) is 52.7 Å². The van der Waals surface area contributed by atoms with E-state index in [0.29, 0.717) is 11.8 Å². The van der Waals surface area contributed by atoms with Crippen molar-refractivity contribution in [2.45, 2.75) is 32.2 Å². The van der Waals surface area contributed by atoms with Crippen LogP contribution in [0.2, 0.25) is 0 Å². The zero-order valence-electron chi connectivity index (χ0n) is 15.1. The van der Waals surface area contributed by atoms with Crippen LogP contribution >= 0.6 is 0 Å². The van der Waals surface area contributed by atoms with E-state index in [1.807, 2.05) is 13.3 Å². The fraction of sp³-hybridized carbons (Fsp3) is 0.833. The lowest BCUT2D eigenvalue weighted by molar-refractivity contribution is 0.0118. The van der Waals surface area contributed by atoms with Gasteiger partial charge in [-0.15, -0.1) is 0 Å².